The molecule has 2 aliphatic carbocycles. The van der Waals surface area contributed by atoms with Gasteiger partial charge < -0.3 is 4.57 Å². The van der Waals surface area contributed by atoms with Crippen LogP contribution >= 0.6 is 31.9 Å². The molecule has 188 valence electrons. The van der Waals surface area contributed by atoms with Gasteiger partial charge in [0, 0.05) is 25.4 Å². The first kappa shape index (κ1) is 22.9. The zero-order chi connectivity index (χ0) is 26.6. The van der Waals surface area contributed by atoms with Crippen molar-refractivity contribution in [3.8, 4) is 27.9 Å². The molecule has 0 N–H and O–H groups in total. The monoisotopic (exact) mass is 637 g/mol. The summed E-state index contributed by atoms with van der Waals surface area (Å²) in [7, 11) is 0. The van der Waals surface area contributed by atoms with E-state index in [0.29, 0.717) is 0 Å². The van der Waals surface area contributed by atoms with Crippen LogP contribution in [0, 0.1) is 0 Å². The van der Waals surface area contributed by atoms with Gasteiger partial charge >= 0.3 is 0 Å². The van der Waals surface area contributed by atoms with Crippen LogP contribution in [0.3, 0.4) is 0 Å². The Morgan fingerprint density at radius 1 is 0.475 bits per heavy atom. The molecule has 0 radical (unpaired) electrons. The number of hydrogen-bond donors (Lipinski definition) is 0. The fourth-order valence-corrected chi connectivity index (χ4v) is 8.26. The van der Waals surface area contributed by atoms with E-state index in [1.165, 1.54) is 72.0 Å². The maximum absolute atomic E-state index is 3.85. The summed E-state index contributed by atoms with van der Waals surface area (Å²) < 4.78 is 4.63. The third-order valence-electron chi connectivity index (χ3n) is 8.91. The number of aromatic nitrogens is 1. The van der Waals surface area contributed by atoms with E-state index in [-0.39, 0.29) is 0 Å². The van der Waals surface area contributed by atoms with E-state index in [4.69, 9.17) is 0 Å². The second kappa shape index (κ2) is 8.06. The molecule has 1 nitrogen and oxygen atoms in total. The minimum absolute atomic E-state index is 0.435. The summed E-state index contributed by atoms with van der Waals surface area (Å²) in [6, 6.07) is 47.0. The molecule has 1 heterocycles. The molecular weight excluding hydrogens is 618 g/mol. The summed E-state index contributed by atoms with van der Waals surface area (Å²) in [4.78, 5) is 0. The van der Waals surface area contributed by atoms with Crippen LogP contribution in [0.1, 0.15) is 22.3 Å². The predicted molar refractivity (Wildman–Crippen MR) is 172 cm³/mol. The molecule has 0 saturated heterocycles. The molecule has 0 aliphatic heterocycles. The van der Waals surface area contributed by atoms with E-state index in [9.17, 15) is 0 Å². The molecule has 7 aromatic rings. The number of nitrogens with zero attached hydrogens (tertiary/aromatic N) is 1. The summed E-state index contributed by atoms with van der Waals surface area (Å²) >= 11 is 7.69. The standard InChI is InChI=1S/C37H21Br2N/c38-22-14-16-26-27-17-15-23(39)21-32(27)37(31(26)20-22)30-12-6-4-10-25(30)28-18-19-34-35(36(28)37)29-11-5-7-13-33(29)40(34)24-8-2-1-3-9-24/h1-21H. The van der Waals surface area contributed by atoms with Gasteiger partial charge in [-0.3, -0.25) is 0 Å². The topological polar surface area (TPSA) is 4.93 Å². The second-order valence-electron chi connectivity index (χ2n) is 10.7. The quantitative estimate of drug-likeness (QED) is 0.169. The largest absolute Gasteiger partial charge is 0.309 e. The van der Waals surface area contributed by atoms with Crippen LogP contribution in [0.4, 0.5) is 0 Å². The Kier molecular flexibility index (Phi) is 4.61. The smallest absolute Gasteiger partial charge is 0.0733 e. The van der Waals surface area contributed by atoms with E-state index in [1.807, 2.05) is 0 Å². The molecule has 0 fully saturated rings. The van der Waals surface area contributed by atoms with Gasteiger partial charge in [0.25, 0.3) is 0 Å². The van der Waals surface area contributed by atoms with Crippen molar-refractivity contribution < 1.29 is 0 Å². The van der Waals surface area contributed by atoms with Crippen molar-refractivity contribution in [3.63, 3.8) is 0 Å². The zero-order valence-electron chi connectivity index (χ0n) is 21.3. The minimum atomic E-state index is -0.435. The van der Waals surface area contributed by atoms with Crippen LogP contribution in [-0.2, 0) is 5.41 Å². The lowest BCUT2D eigenvalue weighted by Gasteiger charge is -2.31. The number of benzene rings is 6. The molecule has 6 aromatic carbocycles. The molecule has 3 heteroatoms. The van der Waals surface area contributed by atoms with Crippen molar-refractivity contribution in [2.75, 3.05) is 0 Å². The van der Waals surface area contributed by atoms with Crippen LogP contribution in [0.25, 0.3) is 49.7 Å². The van der Waals surface area contributed by atoms with Crippen molar-refractivity contribution in [2.24, 2.45) is 0 Å². The summed E-state index contributed by atoms with van der Waals surface area (Å²) in [6.45, 7) is 0. The number of para-hydroxylation sites is 2. The van der Waals surface area contributed by atoms with Crippen LogP contribution in [0.2, 0.25) is 0 Å². The van der Waals surface area contributed by atoms with E-state index in [0.717, 1.165) is 8.95 Å². The number of rotatable bonds is 1. The van der Waals surface area contributed by atoms with Crippen LogP contribution < -0.4 is 0 Å². The molecule has 2 aliphatic rings. The van der Waals surface area contributed by atoms with Gasteiger partial charge in [0.2, 0.25) is 0 Å². The van der Waals surface area contributed by atoms with Gasteiger partial charge in [0.15, 0.2) is 0 Å². The van der Waals surface area contributed by atoms with Crippen molar-refractivity contribution in [3.05, 3.63) is 159 Å². The van der Waals surface area contributed by atoms with Crippen LogP contribution in [0.5, 0.6) is 0 Å². The molecule has 0 atom stereocenters. The predicted octanol–water partition coefficient (Wildman–Crippen LogP) is 10.7. The number of hydrogen-bond acceptors (Lipinski definition) is 0. The van der Waals surface area contributed by atoms with Crippen LogP contribution in [-0.4, -0.2) is 4.57 Å². The van der Waals surface area contributed by atoms with Crippen molar-refractivity contribution in [2.45, 2.75) is 5.41 Å². The first-order chi connectivity index (χ1) is 19.7. The van der Waals surface area contributed by atoms with E-state index >= 15 is 0 Å². The lowest BCUT2D eigenvalue weighted by molar-refractivity contribution is 0.800. The van der Waals surface area contributed by atoms with Gasteiger partial charge in [0.05, 0.1) is 16.4 Å². The maximum atomic E-state index is 3.85. The first-order valence-corrected chi connectivity index (χ1v) is 15.1. The number of fused-ring (bicyclic) bond motifs is 14. The Bertz CT molecular complexity index is 2140. The van der Waals surface area contributed by atoms with Crippen molar-refractivity contribution >= 4 is 53.7 Å². The summed E-state index contributed by atoms with van der Waals surface area (Å²) in [5.74, 6) is 0. The maximum Gasteiger partial charge on any atom is 0.0733 e. The molecule has 40 heavy (non-hydrogen) atoms. The first-order valence-electron chi connectivity index (χ1n) is 13.5. The van der Waals surface area contributed by atoms with Gasteiger partial charge in [-0.1, -0.05) is 111 Å². The van der Waals surface area contributed by atoms with Gasteiger partial charge in [-0.2, -0.15) is 0 Å². The average Bonchev–Trinajstić information content (AvgIpc) is 3.58. The highest BCUT2D eigenvalue weighted by molar-refractivity contribution is 9.10. The van der Waals surface area contributed by atoms with E-state index in [1.54, 1.807) is 0 Å². The SMILES string of the molecule is Brc1ccc2c(c1)C1(c3cc(Br)ccc3-2)c2ccccc2-c2ccc3c(c21)c1ccccc1n3-c1ccccc1. The highest BCUT2D eigenvalue weighted by Crippen LogP contribution is 2.65. The Labute approximate surface area is 249 Å². The third-order valence-corrected chi connectivity index (χ3v) is 9.90. The normalized spacial score (nSPS) is 13.9. The lowest BCUT2D eigenvalue weighted by Crippen LogP contribution is -2.26. The fraction of sp³-hybridized carbons (Fsp3) is 0.0270. The minimum Gasteiger partial charge on any atom is -0.309 e. The van der Waals surface area contributed by atoms with Crippen LogP contribution in [0.15, 0.2) is 136 Å². The van der Waals surface area contributed by atoms with Crippen molar-refractivity contribution in [1.82, 2.24) is 4.57 Å². The molecule has 0 bridgehead atoms. The molecule has 0 saturated carbocycles. The molecule has 9 rings (SSSR count). The third kappa shape index (κ3) is 2.72. The second-order valence-corrected chi connectivity index (χ2v) is 12.6. The summed E-state index contributed by atoms with van der Waals surface area (Å²) in [5, 5.41) is 2.61. The van der Waals surface area contributed by atoms with E-state index in [2.05, 4.69) is 164 Å². The fourth-order valence-electron chi connectivity index (χ4n) is 7.54. The lowest BCUT2D eigenvalue weighted by atomic mass is 9.69. The van der Waals surface area contributed by atoms with Gasteiger partial charge in [-0.15, -0.1) is 0 Å². The summed E-state index contributed by atoms with van der Waals surface area (Å²) in [5.41, 5.74) is 13.9. The van der Waals surface area contributed by atoms with E-state index < -0.39 is 5.41 Å². The molecular formula is C37H21Br2N. The highest BCUT2D eigenvalue weighted by atomic mass is 79.9. The Morgan fingerprint density at radius 2 is 1.07 bits per heavy atom. The summed E-state index contributed by atoms with van der Waals surface area (Å²) in [6.07, 6.45) is 0. The highest BCUT2D eigenvalue weighted by Gasteiger charge is 2.53. The Balaban J connectivity index is 1.56. The zero-order valence-corrected chi connectivity index (χ0v) is 24.5. The average molecular weight is 639 g/mol. The molecule has 1 spiro atoms. The Morgan fingerprint density at radius 3 is 1.82 bits per heavy atom. The number of halogens is 2. The van der Waals surface area contributed by atoms with Crippen molar-refractivity contribution in [1.29, 1.82) is 0 Å². The van der Waals surface area contributed by atoms with Gasteiger partial charge in [0.1, 0.15) is 0 Å². The van der Waals surface area contributed by atoms with Gasteiger partial charge in [-0.25, -0.2) is 0 Å². The molecule has 0 unspecified atom stereocenters. The Hall–Kier alpha value is -3.92. The van der Waals surface area contributed by atoms with Gasteiger partial charge in [-0.05, 0) is 93.0 Å². The molecule has 1 aromatic heterocycles. The molecule has 0 amide bonds.